The fourth-order valence-electron chi connectivity index (χ4n) is 3.76. The molecule has 0 bridgehead atoms. The van der Waals surface area contributed by atoms with Crippen molar-refractivity contribution in [1.29, 1.82) is 0 Å². The molecule has 1 saturated heterocycles. The number of nitrogens with zero attached hydrogens (tertiary/aromatic N) is 4. The molecule has 5 N–H and O–H groups in total. The van der Waals surface area contributed by atoms with Gasteiger partial charge in [-0.05, 0) is 19.9 Å². The van der Waals surface area contributed by atoms with Crippen molar-refractivity contribution in [3.05, 3.63) is 56.9 Å². The summed E-state index contributed by atoms with van der Waals surface area (Å²) in [5, 5.41) is 7.10. The molecule has 0 atom stereocenters. The predicted molar refractivity (Wildman–Crippen MR) is 134 cm³/mol. The van der Waals surface area contributed by atoms with Crippen molar-refractivity contribution >= 4 is 17.6 Å². The molecule has 1 aromatic carbocycles. The topological polar surface area (TPSA) is 105 Å². The van der Waals surface area contributed by atoms with Crippen molar-refractivity contribution in [2.75, 3.05) is 37.2 Å². The Hall–Kier alpha value is -3.21. The van der Waals surface area contributed by atoms with Gasteiger partial charge >= 0.3 is 0 Å². The normalized spacial score (nSPS) is 14.8. The first-order valence-corrected chi connectivity index (χ1v) is 11.7. The quantitative estimate of drug-likeness (QED) is 0.541. The second-order valence-corrected chi connectivity index (χ2v) is 8.27. The Bertz CT molecular complexity index is 1080. The van der Waals surface area contributed by atoms with Crippen molar-refractivity contribution in [2.45, 2.75) is 46.7 Å². The Balaban J connectivity index is 0.00000210. The van der Waals surface area contributed by atoms with Gasteiger partial charge in [-0.15, -0.1) is 0 Å². The summed E-state index contributed by atoms with van der Waals surface area (Å²) in [6.07, 6.45) is -1.35. The molecule has 0 spiro atoms. The summed E-state index contributed by atoms with van der Waals surface area (Å²) < 4.78 is 41.5. The Kier molecular flexibility index (Phi) is 10.00. The maximum atomic E-state index is 14.4. The highest BCUT2D eigenvalue weighted by molar-refractivity contribution is 5.74. The van der Waals surface area contributed by atoms with Crippen LogP contribution in [0.2, 0.25) is 0 Å². The number of alkyl halides is 2. The maximum Gasteiger partial charge on any atom is 0.290 e. The Morgan fingerprint density at radius 1 is 1.20 bits per heavy atom. The van der Waals surface area contributed by atoms with Gasteiger partial charge < -0.3 is 21.7 Å². The molecule has 35 heavy (non-hydrogen) atoms. The van der Waals surface area contributed by atoms with E-state index in [-0.39, 0.29) is 29.2 Å². The molecule has 1 aromatic heterocycles. The van der Waals surface area contributed by atoms with Crippen molar-refractivity contribution < 1.29 is 13.2 Å². The fourth-order valence-corrected chi connectivity index (χ4v) is 3.76. The molecule has 8 nitrogen and oxygen atoms in total. The van der Waals surface area contributed by atoms with Gasteiger partial charge in [0.05, 0.1) is 16.9 Å². The van der Waals surface area contributed by atoms with Crippen molar-refractivity contribution in [3.63, 3.8) is 0 Å². The number of hydrogen-bond acceptors (Lipinski definition) is 7. The lowest BCUT2D eigenvalue weighted by atomic mass is 10.1. The van der Waals surface area contributed by atoms with E-state index in [0.29, 0.717) is 25.0 Å². The van der Waals surface area contributed by atoms with E-state index in [1.165, 1.54) is 19.2 Å². The van der Waals surface area contributed by atoms with Crippen molar-refractivity contribution in [3.8, 4) is 0 Å². The number of benzene rings is 1. The van der Waals surface area contributed by atoms with Crippen LogP contribution in [0.3, 0.4) is 0 Å². The van der Waals surface area contributed by atoms with Crippen molar-refractivity contribution in [2.24, 2.45) is 12.8 Å². The lowest BCUT2D eigenvalue weighted by molar-refractivity contribution is 0.130. The van der Waals surface area contributed by atoms with E-state index in [0.717, 1.165) is 23.8 Å². The molecule has 11 heteroatoms. The van der Waals surface area contributed by atoms with Crippen LogP contribution >= 0.6 is 0 Å². The van der Waals surface area contributed by atoms with Crippen molar-refractivity contribution in [1.82, 2.24) is 19.6 Å². The largest absolute Gasteiger partial charge is 0.394 e. The monoisotopic (exact) mass is 495 g/mol. The van der Waals surface area contributed by atoms with E-state index < -0.39 is 23.4 Å². The molecule has 3 rings (SSSR count). The number of halogens is 3. The number of nitrogens with one attached hydrogen (secondary N) is 1. The summed E-state index contributed by atoms with van der Waals surface area (Å²) in [4.78, 5) is 16.7. The zero-order valence-electron chi connectivity index (χ0n) is 21.0. The minimum absolute atomic E-state index is 0.0368. The Morgan fingerprint density at radius 3 is 2.40 bits per heavy atom. The zero-order chi connectivity index (χ0) is 26.3. The van der Waals surface area contributed by atoms with Gasteiger partial charge in [0, 0.05) is 51.4 Å². The van der Waals surface area contributed by atoms with Crippen LogP contribution in [-0.2, 0) is 13.6 Å². The molecule has 0 unspecified atom stereocenters. The van der Waals surface area contributed by atoms with Crippen LogP contribution in [0.15, 0.2) is 28.8 Å². The van der Waals surface area contributed by atoms with Crippen LogP contribution in [-0.4, -0.2) is 51.8 Å². The molecule has 0 amide bonds. The van der Waals surface area contributed by atoms with Gasteiger partial charge in [0.2, 0.25) is 0 Å². The van der Waals surface area contributed by atoms with Gasteiger partial charge in [0.15, 0.2) is 5.82 Å². The second-order valence-electron chi connectivity index (χ2n) is 8.27. The minimum Gasteiger partial charge on any atom is -0.394 e. The summed E-state index contributed by atoms with van der Waals surface area (Å²) in [7, 11) is 1.43. The SMILES string of the molecule is CC.CC(C)N1CCN(/C(N)=C/c2c(NCc3cccc(C(F)F)c3F)nn(C)c(=O)c2N)CC1. The summed E-state index contributed by atoms with van der Waals surface area (Å²) in [6, 6.07) is 4.24. The van der Waals surface area contributed by atoms with E-state index >= 15 is 0 Å². The van der Waals surface area contributed by atoms with E-state index in [2.05, 4.69) is 29.2 Å². The molecule has 194 valence electrons. The number of piperazine rings is 1. The molecular formula is C24H36F3N7O. The zero-order valence-corrected chi connectivity index (χ0v) is 21.0. The number of aryl methyl sites for hydroxylation is 1. The standard InChI is InChI=1S/C22H30F3N7O.C2H6/c1-13(2)31-7-9-32(10-8-31)17(26)11-16-19(27)22(33)30(3)29-21(16)28-12-14-5-4-6-15(18(14)23)20(24)25;1-2/h4-6,11,13,20H,7-10,12,26-27H2,1-3H3,(H,28,29);1-2H3/b17-11+;. The van der Waals surface area contributed by atoms with Crippen LogP contribution in [0.1, 0.15) is 50.8 Å². The van der Waals surface area contributed by atoms with E-state index in [9.17, 15) is 18.0 Å². The summed E-state index contributed by atoms with van der Waals surface area (Å²) in [5.74, 6) is -0.369. The summed E-state index contributed by atoms with van der Waals surface area (Å²) >= 11 is 0. The third kappa shape index (κ3) is 6.68. The molecule has 1 fully saturated rings. The molecule has 0 radical (unpaired) electrons. The minimum atomic E-state index is -2.93. The van der Waals surface area contributed by atoms with Gasteiger partial charge in [-0.3, -0.25) is 9.69 Å². The molecule has 1 aliphatic rings. The van der Waals surface area contributed by atoms with Gasteiger partial charge in [0.1, 0.15) is 11.5 Å². The van der Waals surface area contributed by atoms with E-state index in [1.807, 2.05) is 18.7 Å². The summed E-state index contributed by atoms with van der Waals surface area (Å²) in [6.45, 7) is 11.3. The molecule has 2 heterocycles. The molecule has 2 aromatic rings. The Morgan fingerprint density at radius 2 is 1.83 bits per heavy atom. The van der Waals surface area contributed by atoms with Gasteiger partial charge in [-0.1, -0.05) is 32.0 Å². The first kappa shape index (κ1) is 28.0. The van der Waals surface area contributed by atoms with Gasteiger partial charge in [0.25, 0.3) is 12.0 Å². The average molecular weight is 496 g/mol. The third-order valence-corrected chi connectivity index (χ3v) is 5.81. The van der Waals surface area contributed by atoms with Gasteiger partial charge in [-0.2, -0.15) is 5.10 Å². The Labute approximate surface area is 204 Å². The van der Waals surface area contributed by atoms with Crippen LogP contribution in [0, 0.1) is 5.82 Å². The highest BCUT2D eigenvalue weighted by Crippen LogP contribution is 2.26. The van der Waals surface area contributed by atoms with Crippen LogP contribution in [0.4, 0.5) is 24.7 Å². The first-order chi connectivity index (χ1) is 16.6. The molecular weight excluding hydrogens is 459 g/mol. The highest BCUT2D eigenvalue weighted by Gasteiger charge is 2.21. The molecule has 1 aliphatic heterocycles. The number of aromatic nitrogens is 2. The van der Waals surface area contributed by atoms with Crippen LogP contribution in [0.5, 0.6) is 0 Å². The lowest BCUT2D eigenvalue weighted by Gasteiger charge is -2.38. The smallest absolute Gasteiger partial charge is 0.290 e. The highest BCUT2D eigenvalue weighted by atomic mass is 19.3. The van der Waals surface area contributed by atoms with Crippen LogP contribution in [0.25, 0.3) is 6.08 Å². The number of rotatable bonds is 7. The number of nitrogen functional groups attached to an aromatic ring is 1. The average Bonchev–Trinajstić information content (AvgIpc) is 2.85. The second kappa shape index (κ2) is 12.5. The number of hydrogen-bond donors (Lipinski definition) is 3. The lowest BCUT2D eigenvalue weighted by Crippen LogP contribution is -2.49. The number of nitrogens with two attached hydrogens (primary N) is 2. The van der Waals surface area contributed by atoms with Crippen LogP contribution < -0.4 is 22.3 Å². The van der Waals surface area contributed by atoms with Gasteiger partial charge in [-0.25, -0.2) is 17.9 Å². The predicted octanol–water partition coefficient (Wildman–Crippen LogP) is 3.36. The first-order valence-electron chi connectivity index (χ1n) is 11.7. The maximum absolute atomic E-state index is 14.4. The summed E-state index contributed by atoms with van der Waals surface area (Å²) in [5.41, 5.74) is 11.5. The van der Waals surface area contributed by atoms with E-state index in [1.54, 1.807) is 6.08 Å². The molecule has 0 saturated carbocycles. The third-order valence-electron chi connectivity index (χ3n) is 5.81. The van der Waals surface area contributed by atoms with E-state index in [4.69, 9.17) is 11.5 Å². The number of anilines is 2. The fraction of sp³-hybridized carbons (Fsp3) is 0.500. The molecule has 0 aliphatic carbocycles.